The van der Waals surface area contributed by atoms with E-state index in [1.807, 2.05) is 0 Å². The van der Waals surface area contributed by atoms with E-state index in [2.05, 4.69) is 20.9 Å². The normalized spacial score (nSPS) is 15.8. The van der Waals surface area contributed by atoms with Crippen molar-refractivity contribution in [2.24, 2.45) is 4.99 Å². The summed E-state index contributed by atoms with van der Waals surface area (Å²) in [5.41, 5.74) is 1.09. The standard InChI is InChI=1S/C14H10BrFN2O2S/c15-11-7-10(5-6-12(11)16)8-18-9-17-13-3-1-2-4-14(13)21(18,19)20/h1-7,9H,8H2. The molecule has 0 aromatic heterocycles. The number of rotatable bonds is 2. The van der Waals surface area contributed by atoms with Gasteiger partial charge in [-0.2, -0.15) is 0 Å². The number of sulfonamides is 1. The number of aliphatic imine (C=N–C) groups is 1. The van der Waals surface area contributed by atoms with Crippen molar-refractivity contribution in [3.8, 4) is 0 Å². The second-order valence-electron chi connectivity index (χ2n) is 4.51. The van der Waals surface area contributed by atoms with Gasteiger partial charge in [0.15, 0.2) is 0 Å². The quantitative estimate of drug-likeness (QED) is 0.814. The molecule has 0 aliphatic carbocycles. The average Bonchev–Trinajstić information content (AvgIpc) is 2.46. The van der Waals surface area contributed by atoms with E-state index in [9.17, 15) is 12.8 Å². The average molecular weight is 369 g/mol. The maximum absolute atomic E-state index is 13.2. The second kappa shape index (κ2) is 5.23. The van der Waals surface area contributed by atoms with Gasteiger partial charge >= 0.3 is 0 Å². The Morgan fingerprint density at radius 2 is 1.95 bits per heavy atom. The van der Waals surface area contributed by atoms with E-state index in [0.29, 0.717) is 15.7 Å². The Bertz CT molecular complexity index is 837. The van der Waals surface area contributed by atoms with E-state index < -0.39 is 10.0 Å². The summed E-state index contributed by atoms with van der Waals surface area (Å²) in [5, 5.41) is 0. The molecule has 0 spiro atoms. The second-order valence-corrected chi connectivity index (χ2v) is 7.22. The number of halogens is 2. The first-order valence-corrected chi connectivity index (χ1v) is 8.31. The molecule has 0 saturated carbocycles. The first-order chi connectivity index (χ1) is 9.98. The third-order valence-electron chi connectivity index (χ3n) is 3.10. The van der Waals surface area contributed by atoms with Gasteiger partial charge in [0.2, 0.25) is 0 Å². The van der Waals surface area contributed by atoms with Crippen LogP contribution in [0.3, 0.4) is 0 Å². The van der Waals surface area contributed by atoms with E-state index >= 15 is 0 Å². The van der Waals surface area contributed by atoms with Crippen LogP contribution in [0.5, 0.6) is 0 Å². The van der Waals surface area contributed by atoms with Gasteiger partial charge in [0.05, 0.1) is 16.7 Å². The predicted molar refractivity (Wildman–Crippen MR) is 81.4 cm³/mol. The predicted octanol–water partition coefficient (Wildman–Crippen LogP) is 3.45. The molecule has 1 aliphatic heterocycles. The van der Waals surface area contributed by atoms with Crippen LogP contribution in [0.15, 0.2) is 56.8 Å². The number of hydrogen-bond donors (Lipinski definition) is 0. The van der Waals surface area contributed by atoms with E-state index in [0.717, 1.165) is 4.31 Å². The fourth-order valence-corrected chi connectivity index (χ4v) is 3.85. The number of hydrogen-bond acceptors (Lipinski definition) is 3. The molecule has 1 heterocycles. The maximum Gasteiger partial charge on any atom is 0.267 e. The van der Waals surface area contributed by atoms with Crippen molar-refractivity contribution in [3.05, 3.63) is 58.3 Å². The summed E-state index contributed by atoms with van der Waals surface area (Å²) in [6.07, 6.45) is 1.29. The topological polar surface area (TPSA) is 49.7 Å². The number of fused-ring (bicyclic) bond motifs is 1. The van der Waals surface area contributed by atoms with Crippen molar-refractivity contribution in [1.82, 2.24) is 4.31 Å². The Hall–Kier alpha value is -1.73. The molecule has 1 aliphatic rings. The minimum absolute atomic E-state index is 0.0963. The van der Waals surface area contributed by atoms with Crippen LogP contribution in [0, 0.1) is 5.82 Å². The summed E-state index contributed by atoms with van der Waals surface area (Å²) >= 11 is 3.09. The van der Waals surface area contributed by atoms with Crippen molar-refractivity contribution in [1.29, 1.82) is 0 Å². The molecule has 2 aromatic rings. The lowest BCUT2D eigenvalue weighted by Gasteiger charge is -2.24. The lowest BCUT2D eigenvalue weighted by molar-refractivity contribution is 0.521. The van der Waals surface area contributed by atoms with Gasteiger partial charge in [-0.25, -0.2) is 17.8 Å². The van der Waals surface area contributed by atoms with Crippen molar-refractivity contribution < 1.29 is 12.8 Å². The molecule has 2 aromatic carbocycles. The molecule has 0 radical (unpaired) electrons. The molecular formula is C14H10BrFN2O2S. The lowest BCUT2D eigenvalue weighted by Crippen LogP contribution is -2.31. The van der Waals surface area contributed by atoms with E-state index in [4.69, 9.17) is 0 Å². The summed E-state index contributed by atoms with van der Waals surface area (Å²) in [6.45, 7) is 0.0963. The Morgan fingerprint density at radius 3 is 2.71 bits per heavy atom. The highest BCUT2D eigenvalue weighted by Crippen LogP contribution is 2.31. The fraction of sp³-hybridized carbons (Fsp3) is 0.0714. The molecule has 0 fully saturated rings. The molecule has 0 bridgehead atoms. The molecule has 0 amide bonds. The molecule has 4 nitrogen and oxygen atoms in total. The zero-order chi connectivity index (χ0) is 15.0. The van der Waals surface area contributed by atoms with Crippen LogP contribution in [0.25, 0.3) is 0 Å². The van der Waals surface area contributed by atoms with Crippen molar-refractivity contribution in [2.75, 3.05) is 0 Å². The number of nitrogens with zero attached hydrogens (tertiary/aromatic N) is 2. The Morgan fingerprint density at radius 1 is 1.19 bits per heavy atom. The van der Waals surface area contributed by atoms with Crippen LogP contribution in [0.4, 0.5) is 10.1 Å². The highest BCUT2D eigenvalue weighted by molar-refractivity contribution is 9.10. The lowest BCUT2D eigenvalue weighted by atomic mass is 10.2. The van der Waals surface area contributed by atoms with E-state index in [1.54, 1.807) is 30.3 Å². The zero-order valence-corrected chi connectivity index (χ0v) is 13.1. The van der Waals surface area contributed by atoms with Gasteiger partial charge in [-0.1, -0.05) is 18.2 Å². The van der Waals surface area contributed by atoms with Crippen molar-refractivity contribution in [2.45, 2.75) is 11.4 Å². The highest BCUT2D eigenvalue weighted by atomic mass is 79.9. The van der Waals surface area contributed by atoms with Crippen LogP contribution >= 0.6 is 15.9 Å². The third-order valence-corrected chi connectivity index (χ3v) is 5.45. The molecule has 0 saturated heterocycles. The summed E-state index contributed by atoms with van der Waals surface area (Å²) in [7, 11) is -3.63. The maximum atomic E-state index is 13.2. The van der Waals surface area contributed by atoms with Gasteiger partial charge in [-0.15, -0.1) is 0 Å². The van der Waals surface area contributed by atoms with Crippen molar-refractivity contribution in [3.63, 3.8) is 0 Å². The third kappa shape index (κ3) is 2.58. The SMILES string of the molecule is O=S1(=O)c2ccccc2N=CN1Cc1ccc(F)c(Br)c1. The van der Waals surface area contributed by atoms with Crippen molar-refractivity contribution >= 4 is 38.0 Å². The van der Waals surface area contributed by atoms with Gasteiger partial charge in [0.1, 0.15) is 17.1 Å². The van der Waals surface area contributed by atoms with Gasteiger partial charge in [-0.3, -0.25) is 4.31 Å². The summed E-state index contributed by atoms with van der Waals surface area (Å²) in [5.74, 6) is -0.390. The Kier molecular flexibility index (Phi) is 3.54. The monoisotopic (exact) mass is 368 g/mol. The van der Waals surface area contributed by atoms with Crippen LogP contribution in [0.1, 0.15) is 5.56 Å². The fourth-order valence-electron chi connectivity index (χ4n) is 2.04. The number of para-hydroxylation sites is 1. The van der Waals surface area contributed by atoms with Gasteiger partial charge < -0.3 is 0 Å². The number of benzene rings is 2. The smallest absolute Gasteiger partial charge is 0.252 e. The van der Waals surface area contributed by atoms with Gasteiger partial charge in [0.25, 0.3) is 10.0 Å². The Balaban J connectivity index is 1.96. The first kappa shape index (κ1) is 14.2. The summed E-state index contributed by atoms with van der Waals surface area (Å²) in [6, 6.07) is 11.0. The van der Waals surface area contributed by atoms with E-state index in [-0.39, 0.29) is 17.3 Å². The molecule has 21 heavy (non-hydrogen) atoms. The molecular weight excluding hydrogens is 359 g/mol. The van der Waals surface area contributed by atoms with Gasteiger partial charge in [-0.05, 0) is 45.8 Å². The molecule has 0 N–H and O–H groups in total. The highest BCUT2D eigenvalue weighted by Gasteiger charge is 2.28. The molecule has 0 unspecified atom stereocenters. The van der Waals surface area contributed by atoms with Crippen LogP contribution < -0.4 is 0 Å². The molecule has 7 heteroatoms. The Labute approximate surface area is 130 Å². The minimum Gasteiger partial charge on any atom is -0.252 e. The molecule has 3 rings (SSSR count). The zero-order valence-electron chi connectivity index (χ0n) is 10.7. The molecule has 108 valence electrons. The van der Waals surface area contributed by atoms with E-state index in [1.165, 1.54) is 18.5 Å². The first-order valence-electron chi connectivity index (χ1n) is 6.07. The summed E-state index contributed by atoms with van der Waals surface area (Å²) in [4.78, 5) is 4.32. The van der Waals surface area contributed by atoms with Crippen LogP contribution in [-0.2, 0) is 16.6 Å². The summed E-state index contributed by atoms with van der Waals surface area (Å²) < 4.78 is 39.7. The largest absolute Gasteiger partial charge is 0.267 e. The van der Waals surface area contributed by atoms with Crippen LogP contribution in [-0.4, -0.2) is 19.1 Å². The van der Waals surface area contributed by atoms with Crippen LogP contribution in [0.2, 0.25) is 0 Å². The molecule has 0 atom stereocenters. The minimum atomic E-state index is -3.63. The van der Waals surface area contributed by atoms with Gasteiger partial charge in [0, 0.05) is 0 Å².